The standard InChI is InChI=1S/C17H24N2O4/c1-3-19(4-2)17(23)13-9-5-6-10-14(13)18-15(20)11-7-8-12-16(21)22/h5-6,9-10H,3-4,7-8,11-12H2,1-2H3,(H,18,20)(H,21,22). The molecular formula is C17H24N2O4. The van der Waals surface area contributed by atoms with E-state index >= 15 is 0 Å². The van der Waals surface area contributed by atoms with E-state index < -0.39 is 5.97 Å². The third-order valence-electron chi connectivity index (χ3n) is 3.53. The summed E-state index contributed by atoms with van der Waals surface area (Å²) in [6.07, 6.45) is 1.26. The third-order valence-corrected chi connectivity index (χ3v) is 3.53. The van der Waals surface area contributed by atoms with Crippen LogP contribution < -0.4 is 5.32 Å². The van der Waals surface area contributed by atoms with Crippen LogP contribution in [0.15, 0.2) is 24.3 Å². The Morgan fingerprint density at radius 2 is 1.65 bits per heavy atom. The number of hydrogen-bond donors (Lipinski definition) is 2. The number of benzene rings is 1. The Morgan fingerprint density at radius 3 is 2.26 bits per heavy atom. The number of carboxylic acids is 1. The van der Waals surface area contributed by atoms with Gasteiger partial charge in [0.2, 0.25) is 5.91 Å². The third kappa shape index (κ3) is 6.10. The maximum atomic E-state index is 12.5. The summed E-state index contributed by atoms with van der Waals surface area (Å²) in [5.41, 5.74) is 0.961. The number of nitrogens with one attached hydrogen (secondary N) is 1. The average Bonchev–Trinajstić information content (AvgIpc) is 2.53. The van der Waals surface area contributed by atoms with Crippen LogP contribution in [0.2, 0.25) is 0 Å². The first-order chi connectivity index (χ1) is 11.0. The molecule has 1 aromatic rings. The van der Waals surface area contributed by atoms with Crippen molar-refractivity contribution in [1.29, 1.82) is 0 Å². The zero-order valence-electron chi connectivity index (χ0n) is 13.7. The lowest BCUT2D eigenvalue weighted by Gasteiger charge is -2.20. The molecule has 6 nitrogen and oxygen atoms in total. The molecule has 126 valence electrons. The highest BCUT2D eigenvalue weighted by molar-refractivity contribution is 6.03. The molecular weight excluding hydrogens is 296 g/mol. The number of anilines is 1. The van der Waals surface area contributed by atoms with Gasteiger partial charge in [-0.1, -0.05) is 12.1 Å². The molecule has 2 N–H and O–H groups in total. The van der Waals surface area contributed by atoms with E-state index in [0.29, 0.717) is 37.2 Å². The van der Waals surface area contributed by atoms with E-state index in [4.69, 9.17) is 5.11 Å². The van der Waals surface area contributed by atoms with Gasteiger partial charge in [-0.3, -0.25) is 14.4 Å². The molecule has 1 rings (SSSR count). The Bertz CT molecular complexity index is 553. The van der Waals surface area contributed by atoms with Crippen molar-refractivity contribution in [2.45, 2.75) is 39.5 Å². The number of nitrogens with zero attached hydrogens (tertiary/aromatic N) is 1. The molecule has 0 aliphatic rings. The zero-order valence-corrected chi connectivity index (χ0v) is 13.7. The fourth-order valence-electron chi connectivity index (χ4n) is 2.23. The summed E-state index contributed by atoms with van der Waals surface area (Å²) < 4.78 is 0. The molecule has 0 saturated carbocycles. The molecule has 0 radical (unpaired) electrons. The van der Waals surface area contributed by atoms with Crippen molar-refractivity contribution in [2.75, 3.05) is 18.4 Å². The van der Waals surface area contributed by atoms with Crippen molar-refractivity contribution in [3.63, 3.8) is 0 Å². The van der Waals surface area contributed by atoms with Crippen LogP contribution in [0.3, 0.4) is 0 Å². The van der Waals surface area contributed by atoms with Crippen LogP contribution in [0.25, 0.3) is 0 Å². The number of para-hydroxylation sites is 1. The van der Waals surface area contributed by atoms with Gasteiger partial charge in [-0.15, -0.1) is 0 Å². The molecule has 0 aliphatic heterocycles. The van der Waals surface area contributed by atoms with Crippen LogP contribution >= 0.6 is 0 Å². The molecule has 0 fully saturated rings. The van der Waals surface area contributed by atoms with E-state index in [9.17, 15) is 14.4 Å². The highest BCUT2D eigenvalue weighted by Crippen LogP contribution is 2.18. The maximum Gasteiger partial charge on any atom is 0.303 e. The second-order valence-electron chi connectivity index (χ2n) is 5.17. The first-order valence-corrected chi connectivity index (χ1v) is 7.89. The number of amides is 2. The van der Waals surface area contributed by atoms with E-state index in [1.807, 2.05) is 13.8 Å². The number of unbranched alkanes of at least 4 members (excludes halogenated alkanes) is 1. The highest BCUT2D eigenvalue weighted by Gasteiger charge is 2.17. The smallest absolute Gasteiger partial charge is 0.303 e. The molecule has 6 heteroatoms. The van der Waals surface area contributed by atoms with Crippen LogP contribution in [-0.4, -0.2) is 40.9 Å². The highest BCUT2D eigenvalue weighted by atomic mass is 16.4. The summed E-state index contributed by atoms with van der Waals surface area (Å²) in [5, 5.41) is 11.3. The summed E-state index contributed by atoms with van der Waals surface area (Å²) in [6, 6.07) is 6.92. The number of carbonyl (C=O) groups is 3. The van der Waals surface area contributed by atoms with Crippen LogP contribution in [0.5, 0.6) is 0 Å². The largest absolute Gasteiger partial charge is 0.481 e. The van der Waals surface area contributed by atoms with E-state index in [1.54, 1.807) is 29.2 Å². The monoisotopic (exact) mass is 320 g/mol. The molecule has 0 heterocycles. The molecule has 0 unspecified atom stereocenters. The lowest BCUT2D eigenvalue weighted by molar-refractivity contribution is -0.137. The normalized spacial score (nSPS) is 10.2. The number of hydrogen-bond acceptors (Lipinski definition) is 3. The minimum atomic E-state index is -0.861. The second kappa shape index (κ2) is 9.61. The van der Waals surface area contributed by atoms with Crippen molar-refractivity contribution >= 4 is 23.5 Å². The second-order valence-corrected chi connectivity index (χ2v) is 5.17. The minimum Gasteiger partial charge on any atom is -0.481 e. The van der Waals surface area contributed by atoms with E-state index in [2.05, 4.69) is 5.32 Å². The predicted octanol–water partition coefficient (Wildman–Crippen LogP) is 2.75. The van der Waals surface area contributed by atoms with Gasteiger partial charge >= 0.3 is 5.97 Å². The molecule has 0 aromatic heterocycles. The van der Waals surface area contributed by atoms with Crippen molar-refractivity contribution in [2.24, 2.45) is 0 Å². The fraction of sp³-hybridized carbons (Fsp3) is 0.471. The summed E-state index contributed by atoms with van der Waals surface area (Å²) >= 11 is 0. The topological polar surface area (TPSA) is 86.7 Å². The van der Waals surface area contributed by atoms with E-state index in [1.165, 1.54) is 0 Å². The first kappa shape index (κ1) is 18.7. The van der Waals surface area contributed by atoms with Crippen LogP contribution in [0, 0.1) is 0 Å². The van der Waals surface area contributed by atoms with Crippen molar-refractivity contribution < 1.29 is 19.5 Å². The molecule has 0 bridgehead atoms. The number of carbonyl (C=O) groups excluding carboxylic acids is 2. The molecule has 1 aromatic carbocycles. The molecule has 0 spiro atoms. The summed E-state index contributed by atoms with van der Waals surface area (Å²) in [4.78, 5) is 36.5. The van der Waals surface area contributed by atoms with Crippen molar-refractivity contribution in [1.82, 2.24) is 4.90 Å². The van der Waals surface area contributed by atoms with Gasteiger partial charge in [0.25, 0.3) is 5.91 Å². The number of carboxylic acid groups (broad SMARTS) is 1. The van der Waals surface area contributed by atoms with E-state index in [0.717, 1.165) is 0 Å². The Kier molecular flexibility index (Phi) is 7.80. The predicted molar refractivity (Wildman–Crippen MR) is 88.4 cm³/mol. The average molecular weight is 320 g/mol. The van der Waals surface area contributed by atoms with Crippen molar-refractivity contribution in [3.05, 3.63) is 29.8 Å². The summed E-state index contributed by atoms with van der Waals surface area (Å²) in [6.45, 7) is 5.02. The lowest BCUT2D eigenvalue weighted by Crippen LogP contribution is -2.31. The maximum absolute atomic E-state index is 12.5. The van der Waals surface area contributed by atoms with E-state index in [-0.39, 0.29) is 24.7 Å². The fourth-order valence-corrected chi connectivity index (χ4v) is 2.23. The Morgan fingerprint density at radius 1 is 1.04 bits per heavy atom. The van der Waals surface area contributed by atoms with Crippen molar-refractivity contribution in [3.8, 4) is 0 Å². The minimum absolute atomic E-state index is 0.0598. The Balaban J connectivity index is 2.68. The van der Waals surface area contributed by atoms with Gasteiger partial charge in [-0.25, -0.2) is 0 Å². The van der Waals surface area contributed by atoms with Gasteiger partial charge in [0.05, 0.1) is 11.3 Å². The molecule has 0 atom stereocenters. The SMILES string of the molecule is CCN(CC)C(=O)c1ccccc1NC(=O)CCCCC(=O)O. The van der Waals surface area contributed by atoms with Gasteiger partial charge in [0.1, 0.15) is 0 Å². The van der Waals surface area contributed by atoms with Crippen LogP contribution in [-0.2, 0) is 9.59 Å². The molecule has 0 aliphatic carbocycles. The van der Waals surface area contributed by atoms with Gasteiger partial charge in [-0.2, -0.15) is 0 Å². The first-order valence-electron chi connectivity index (χ1n) is 7.89. The quantitative estimate of drug-likeness (QED) is 0.685. The van der Waals surface area contributed by atoms with Gasteiger partial charge in [-0.05, 0) is 38.8 Å². The lowest BCUT2D eigenvalue weighted by atomic mass is 10.1. The van der Waals surface area contributed by atoms with Crippen LogP contribution in [0.1, 0.15) is 49.9 Å². The van der Waals surface area contributed by atoms with Gasteiger partial charge < -0.3 is 15.3 Å². The zero-order chi connectivity index (χ0) is 17.2. The number of aliphatic carboxylic acids is 1. The molecule has 2 amide bonds. The summed E-state index contributed by atoms with van der Waals surface area (Å²) in [5.74, 6) is -1.19. The molecule has 23 heavy (non-hydrogen) atoms. The number of rotatable bonds is 9. The summed E-state index contributed by atoms with van der Waals surface area (Å²) in [7, 11) is 0. The van der Waals surface area contributed by atoms with Crippen LogP contribution in [0.4, 0.5) is 5.69 Å². The van der Waals surface area contributed by atoms with Gasteiger partial charge in [0, 0.05) is 25.9 Å². The van der Waals surface area contributed by atoms with Gasteiger partial charge in [0.15, 0.2) is 0 Å². The Hall–Kier alpha value is -2.37. The molecule has 0 saturated heterocycles. The Labute approximate surface area is 136 Å².